The molecule has 2 amide bonds. The number of esters is 2. The van der Waals surface area contributed by atoms with E-state index in [-0.39, 0.29) is 22.2 Å². The van der Waals surface area contributed by atoms with Crippen molar-refractivity contribution >= 4 is 69.5 Å². The van der Waals surface area contributed by atoms with Gasteiger partial charge in [0.1, 0.15) is 28.4 Å². The molecule has 252 valence electrons. The molecule has 2 aliphatic rings. The maximum absolute atomic E-state index is 13.9. The summed E-state index contributed by atoms with van der Waals surface area (Å²) in [6.45, 7) is 6.58. The van der Waals surface area contributed by atoms with Gasteiger partial charge in [0.25, 0.3) is 11.8 Å². The maximum Gasteiger partial charge on any atom is 0.356 e. The van der Waals surface area contributed by atoms with Crippen LogP contribution in [-0.2, 0) is 33.5 Å². The Morgan fingerprint density at radius 2 is 1.71 bits per heavy atom. The number of amides is 2. The number of oxime groups is 1. The summed E-state index contributed by atoms with van der Waals surface area (Å²) in [7, 11) is 0. The molecule has 0 bridgehead atoms. The van der Waals surface area contributed by atoms with E-state index in [9.17, 15) is 19.2 Å². The van der Waals surface area contributed by atoms with Crippen LogP contribution < -0.4 is 11.1 Å². The maximum atomic E-state index is 13.9. The number of carbonyl (C=O) groups excluding carboxylic acids is 4. The molecule has 15 heteroatoms. The molecule has 12 nitrogen and oxygen atoms in total. The van der Waals surface area contributed by atoms with Crippen molar-refractivity contribution in [2.45, 2.75) is 56.9 Å². The number of hydrogen-bond donors (Lipinski definition) is 2. The van der Waals surface area contributed by atoms with Gasteiger partial charge in [-0.1, -0.05) is 65.8 Å². The zero-order valence-corrected chi connectivity index (χ0v) is 29.3. The summed E-state index contributed by atoms with van der Waals surface area (Å²) in [6.07, 6.45) is -0.0146. The van der Waals surface area contributed by atoms with Crippen molar-refractivity contribution in [3.05, 3.63) is 93.5 Å². The fraction of sp³-hybridized carbons (Fsp3) is 0.333. The van der Waals surface area contributed by atoms with Crippen molar-refractivity contribution in [1.82, 2.24) is 15.2 Å². The van der Waals surface area contributed by atoms with Gasteiger partial charge in [0, 0.05) is 16.0 Å². The largest absolute Gasteiger partial charge is 0.457 e. The van der Waals surface area contributed by atoms with E-state index in [1.807, 2.05) is 66.9 Å². The summed E-state index contributed by atoms with van der Waals surface area (Å²) >= 11 is 3.85. The third-order valence-electron chi connectivity index (χ3n) is 7.11. The normalized spacial score (nSPS) is 18.5. The van der Waals surface area contributed by atoms with E-state index in [0.29, 0.717) is 10.7 Å². The summed E-state index contributed by atoms with van der Waals surface area (Å²) < 4.78 is 11.4. The summed E-state index contributed by atoms with van der Waals surface area (Å²) in [5.41, 5.74) is 6.59. The first kappa shape index (κ1) is 35.0. The third-order valence-corrected chi connectivity index (χ3v) is 10.1. The molecule has 2 aromatic carbocycles. The predicted molar refractivity (Wildman–Crippen MR) is 186 cm³/mol. The van der Waals surface area contributed by atoms with Gasteiger partial charge in [0.2, 0.25) is 6.10 Å². The number of ether oxygens (including phenoxy) is 2. The van der Waals surface area contributed by atoms with Crippen LogP contribution in [0.4, 0.5) is 5.13 Å². The van der Waals surface area contributed by atoms with Crippen LogP contribution in [0.1, 0.15) is 50.6 Å². The fourth-order valence-corrected chi connectivity index (χ4v) is 7.65. The lowest BCUT2D eigenvalue weighted by Crippen LogP contribution is -2.71. The van der Waals surface area contributed by atoms with E-state index in [1.54, 1.807) is 20.8 Å². The van der Waals surface area contributed by atoms with E-state index in [2.05, 4.69) is 15.5 Å². The highest BCUT2D eigenvalue weighted by molar-refractivity contribution is 8.05. The second-order valence-corrected chi connectivity index (χ2v) is 14.6. The predicted octanol–water partition coefficient (Wildman–Crippen LogP) is 4.48. The van der Waals surface area contributed by atoms with Crippen LogP contribution in [0.2, 0.25) is 0 Å². The average molecular weight is 710 g/mol. The molecule has 0 saturated carbocycles. The molecule has 1 fully saturated rings. The molecule has 2 unspecified atom stereocenters. The number of nitrogens with one attached hydrogen (secondary N) is 1. The number of nitrogens with zero attached hydrogens (tertiary/aromatic N) is 3. The summed E-state index contributed by atoms with van der Waals surface area (Å²) in [6, 6.07) is 17.7. The number of anilines is 1. The fourth-order valence-electron chi connectivity index (χ4n) is 4.85. The van der Waals surface area contributed by atoms with Gasteiger partial charge in [-0.2, -0.15) is 0 Å². The molecule has 48 heavy (non-hydrogen) atoms. The molecule has 3 aromatic rings. The molecular formula is C33H35N5O7S3. The highest BCUT2D eigenvalue weighted by Crippen LogP contribution is 2.44. The van der Waals surface area contributed by atoms with Crippen molar-refractivity contribution in [3.63, 3.8) is 0 Å². The number of rotatable bonds is 11. The van der Waals surface area contributed by atoms with Gasteiger partial charge in [-0.05, 0) is 45.1 Å². The Morgan fingerprint density at radius 3 is 2.25 bits per heavy atom. The van der Waals surface area contributed by atoms with Gasteiger partial charge in [-0.25, -0.2) is 14.6 Å². The number of hydrogen-bond acceptors (Lipinski definition) is 13. The van der Waals surface area contributed by atoms with Gasteiger partial charge >= 0.3 is 11.9 Å². The van der Waals surface area contributed by atoms with E-state index < -0.39 is 53.0 Å². The number of thiazole rings is 1. The third kappa shape index (κ3) is 7.85. The van der Waals surface area contributed by atoms with Crippen molar-refractivity contribution in [1.29, 1.82) is 0 Å². The Kier molecular flexibility index (Phi) is 10.8. The van der Waals surface area contributed by atoms with Crippen molar-refractivity contribution < 1.29 is 33.5 Å². The van der Waals surface area contributed by atoms with Crippen LogP contribution in [0.5, 0.6) is 0 Å². The second kappa shape index (κ2) is 14.8. The second-order valence-electron chi connectivity index (χ2n) is 11.7. The molecule has 1 aromatic heterocycles. The van der Waals surface area contributed by atoms with E-state index in [4.69, 9.17) is 20.0 Å². The van der Waals surface area contributed by atoms with Gasteiger partial charge in [-0.15, -0.1) is 34.9 Å². The van der Waals surface area contributed by atoms with Gasteiger partial charge < -0.3 is 25.4 Å². The van der Waals surface area contributed by atoms with Crippen molar-refractivity contribution in [2.24, 2.45) is 5.16 Å². The molecule has 0 aliphatic carbocycles. The van der Waals surface area contributed by atoms with Crippen molar-refractivity contribution in [2.75, 3.05) is 17.7 Å². The first-order valence-electron chi connectivity index (χ1n) is 14.9. The molecule has 3 atom stereocenters. The number of benzene rings is 2. The minimum Gasteiger partial charge on any atom is -0.457 e. The minimum atomic E-state index is -1.14. The zero-order chi connectivity index (χ0) is 34.6. The lowest BCUT2D eigenvalue weighted by molar-refractivity contribution is -0.167. The van der Waals surface area contributed by atoms with Gasteiger partial charge in [0.05, 0.1) is 0 Å². The summed E-state index contributed by atoms with van der Waals surface area (Å²) in [5, 5.41) is 7.75. The lowest BCUT2D eigenvalue weighted by atomic mass is 10.0. The van der Waals surface area contributed by atoms with Crippen LogP contribution in [0.3, 0.4) is 0 Å². The lowest BCUT2D eigenvalue weighted by Gasteiger charge is -2.49. The Hall–Kier alpha value is -4.34. The molecule has 5 rings (SSSR count). The minimum absolute atomic E-state index is 0.105. The molecule has 0 spiro atoms. The van der Waals surface area contributed by atoms with E-state index in [1.165, 1.54) is 40.7 Å². The van der Waals surface area contributed by atoms with Gasteiger partial charge in [0.15, 0.2) is 16.9 Å². The van der Waals surface area contributed by atoms with E-state index in [0.717, 1.165) is 22.5 Å². The monoisotopic (exact) mass is 709 g/mol. The quantitative estimate of drug-likeness (QED) is 0.125. The zero-order valence-electron chi connectivity index (χ0n) is 26.9. The number of carbonyl (C=O) groups is 4. The molecule has 3 N–H and O–H groups in total. The number of thioether (sulfide) groups is 2. The summed E-state index contributed by atoms with van der Waals surface area (Å²) in [4.78, 5) is 65.1. The van der Waals surface area contributed by atoms with Gasteiger partial charge in [-0.3, -0.25) is 14.5 Å². The first-order chi connectivity index (χ1) is 22.9. The number of nitrogen functional groups attached to an aromatic ring is 1. The Morgan fingerprint density at radius 1 is 1.08 bits per heavy atom. The Labute approximate surface area is 290 Å². The van der Waals surface area contributed by atoms with Crippen molar-refractivity contribution in [3.8, 4) is 0 Å². The highest BCUT2D eigenvalue weighted by atomic mass is 32.2. The smallest absolute Gasteiger partial charge is 0.356 e. The molecule has 1 saturated heterocycles. The molecule has 0 radical (unpaired) electrons. The molecule has 3 heterocycles. The molecular weight excluding hydrogens is 675 g/mol. The summed E-state index contributed by atoms with van der Waals surface area (Å²) in [5.74, 6) is -2.16. The molecule has 2 aliphatic heterocycles. The first-order valence-corrected chi connectivity index (χ1v) is 18.0. The number of fused-ring (bicyclic) bond motifs is 1. The standard InChI is InChI=1S/C33H35N5O7S3/c1-18(30(41)44-33(2,3)4)45-37-23(21-16-48-32(34)35-21)27(39)36-24-28(40)38-25(22(46-5)17-47-29(24)38)31(42)43-26(19-12-8-6-9-13-19)20-14-10-7-11-15-20/h6-16,18,24,26,29H,17H2,1-5H3,(H2,34,35)(H,36,39)/b37-23+/t18?,24?,29-/m1/s1. The average Bonchev–Trinajstić information content (AvgIpc) is 3.50. The van der Waals surface area contributed by atoms with Crippen LogP contribution in [0, 0.1) is 0 Å². The Bertz CT molecular complexity index is 1700. The number of aromatic nitrogens is 1. The van der Waals surface area contributed by atoms with E-state index >= 15 is 0 Å². The van der Waals surface area contributed by atoms with Crippen LogP contribution >= 0.6 is 34.9 Å². The SMILES string of the molecule is CSC1=C(C(=O)OC(c2ccccc2)c2ccccc2)N2C(=O)C(NC(=O)/C(=N/OC(C)C(=O)OC(C)(C)C)c3csc(N)n3)[C@H]2SC1. The number of nitrogens with two attached hydrogens (primary N) is 1. The van der Waals surface area contributed by atoms with Crippen LogP contribution in [0.25, 0.3) is 0 Å². The number of β-lactam (4-membered cyclic amide) rings is 1. The Balaban J connectivity index is 1.35. The van der Waals surface area contributed by atoms with Crippen LogP contribution in [0.15, 0.2) is 81.8 Å². The topological polar surface area (TPSA) is 163 Å². The van der Waals surface area contributed by atoms with Crippen LogP contribution in [-0.4, -0.2) is 74.5 Å². The highest BCUT2D eigenvalue weighted by Gasteiger charge is 2.55.